The molecule has 0 radical (unpaired) electrons. The lowest BCUT2D eigenvalue weighted by Crippen LogP contribution is -1.81. The van der Waals surface area contributed by atoms with Crippen LogP contribution in [0.3, 0.4) is 0 Å². The van der Waals surface area contributed by atoms with E-state index in [-0.39, 0.29) is 0 Å². The van der Waals surface area contributed by atoms with Crippen LogP contribution < -0.4 is 0 Å². The van der Waals surface area contributed by atoms with E-state index in [0.29, 0.717) is 0 Å². The zero-order valence-corrected chi connectivity index (χ0v) is 11.8. The molecule has 0 unspecified atom stereocenters. The molecule has 0 aliphatic rings. The molecule has 0 saturated carbocycles. The first-order chi connectivity index (χ1) is 7.91. The minimum Gasteiger partial charge on any atom is -0.0933 e. The molecule has 0 amide bonds. The monoisotopic (exact) mass is 244 g/mol. The lowest BCUT2D eigenvalue weighted by Gasteiger charge is -2.01. The van der Waals surface area contributed by atoms with Gasteiger partial charge in [0.15, 0.2) is 0 Å². The molecule has 0 saturated heterocycles. The van der Waals surface area contributed by atoms with E-state index < -0.39 is 0 Å². The van der Waals surface area contributed by atoms with Gasteiger partial charge in [0.05, 0.1) is 0 Å². The average Bonchev–Trinajstić information content (AvgIpc) is 2.31. The van der Waals surface area contributed by atoms with Gasteiger partial charge in [-0.15, -0.1) is 0 Å². The van der Waals surface area contributed by atoms with Crippen LogP contribution in [0.5, 0.6) is 0 Å². The van der Waals surface area contributed by atoms with Crippen molar-refractivity contribution in [3.05, 3.63) is 11.6 Å². The number of halogens is 1. The summed E-state index contributed by atoms with van der Waals surface area (Å²) in [5.41, 5.74) is 1.64. The maximum absolute atomic E-state index is 5.45. The summed E-state index contributed by atoms with van der Waals surface area (Å²) in [4.78, 5) is 0. The highest BCUT2D eigenvalue weighted by Gasteiger charge is 1.92. The third-order valence-electron chi connectivity index (χ3n) is 3.06. The van der Waals surface area contributed by atoms with E-state index in [1.54, 1.807) is 5.54 Å². The Morgan fingerprint density at radius 3 is 1.56 bits per heavy atom. The van der Waals surface area contributed by atoms with E-state index in [2.05, 4.69) is 13.0 Å². The summed E-state index contributed by atoms with van der Waals surface area (Å²) in [7, 11) is 0. The Kier molecular flexibility index (Phi) is 15.1. The zero-order valence-electron chi connectivity index (χ0n) is 11.0. The van der Waals surface area contributed by atoms with E-state index in [9.17, 15) is 0 Å². The summed E-state index contributed by atoms with van der Waals surface area (Å²) in [5, 5.41) is 0. The van der Waals surface area contributed by atoms with Gasteiger partial charge >= 0.3 is 0 Å². The van der Waals surface area contributed by atoms with Gasteiger partial charge in [-0.25, -0.2) is 0 Å². The van der Waals surface area contributed by atoms with Crippen molar-refractivity contribution in [3.63, 3.8) is 0 Å². The van der Waals surface area contributed by atoms with Gasteiger partial charge in [-0.1, -0.05) is 88.8 Å². The second-order valence-electron chi connectivity index (χ2n) is 4.69. The van der Waals surface area contributed by atoms with Gasteiger partial charge in [-0.05, 0) is 12.8 Å². The van der Waals surface area contributed by atoms with Crippen molar-refractivity contribution in [3.8, 4) is 0 Å². The van der Waals surface area contributed by atoms with Gasteiger partial charge in [0, 0.05) is 5.54 Å². The largest absolute Gasteiger partial charge is 0.0933 e. The molecule has 0 atom stereocenters. The number of unbranched alkanes of at least 4 members (excludes halogenated alkanes) is 11. The molecule has 0 bridgehead atoms. The van der Waals surface area contributed by atoms with Crippen LogP contribution in [0.25, 0.3) is 0 Å². The third kappa shape index (κ3) is 14.0. The summed E-state index contributed by atoms with van der Waals surface area (Å²) in [6.45, 7) is 2.28. The molecule has 0 aromatic rings. The zero-order chi connectivity index (χ0) is 11.9. The molecule has 0 nitrogen and oxygen atoms in total. The summed E-state index contributed by atoms with van der Waals surface area (Å²) >= 11 is 5.45. The minimum absolute atomic E-state index is 1.15. The standard InChI is InChI=1S/C15H29Cl/c1-2-3-4-5-6-7-8-9-10-11-12-13-14-15-16/h14-15H,2-13H2,1H3/b15-14+. The van der Waals surface area contributed by atoms with Crippen LogP contribution in [0.15, 0.2) is 11.6 Å². The summed E-state index contributed by atoms with van der Waals surface area (Å²) in [6, 6.07) is 0. The van der Waals surface area contributed by atoms with Gasteiger partial charge in [0.2, 0.25) is 0 Å². The van der Waals surface area contributed by atoms with Crippen LogP contribution in [0.1, 0.15) is 84.0 Å². The van der Waals surface area contributed by atoms with Crippen molar-refractivity contribution < 1.29 is 0 Å². The van der Waals surface area contributed by atoms with E-state index in [1.807, 2.05) is 0 Å². The van der Waals surface area contributed by atoms with Crippen molar-refractivity contribution in [2.24, 2.45) is 0 Å². The SMILES string of the molecule is CCCCCCCCCCCCC/C=C/Cl. The highest BCUT2D eigenvalue weighted by atomic mass is 35.5. The maximum atomic E-state index is 5.45. The average molecular weight is 245 g/mol. The molecule has 16 heavy (non-hydrogen) atoms. The van der Waals surface area contributed by atoms with Crippen molar-refractivity contribution in [1.29, 1.82) is 0 Å². The molecule has 0 rings (SSSR count). The van der Waals surface area contributed by atoms with Gasteiger partial charge in [-0.3, -0.25) is 0 Å². The number of hydrogen-bond donors (Lipinski definition) is 0. The van der Waals surface area contributed by atoms with E-state index in [1.165, 1.54) is 70.6 Å². The first-order valence-electron chi connectivity index (χ1n) is 7.17. The van der Waals surface area contributed by atoms with Crippen molar-refractivity contribution in [1.82, 2.24) is 0 Å². The van der Waals surface area contributed by atoms with Gasteiger partial charge in [0.1, 0.15) is 0 Å². The van der Waals surface area contributed by atoms with E-state index in [4.69, 9.17) is 11.6 Å². The smallest absolute Gasteiger partial charge is 0.000245 e. The number of hydrogen-bond acceptors (Lipinski definition) is 0. The number of rotatable bonds is 12. The fourth-order valence-electron chi connectivity index (χ4n) is 1.99. The topological polar surface area (TPSA) is 0 Å². The molecule has 0 aliphatic carbocycles. The molecular weight excluding hydrogens is 216 g/mol. The molecule has 96 valence electrons. The van der Waals surface area contributed by atoms with Gasteiger partial charge in [-0.2, -0.15) is 0 Å². The van der Waals surface area contributed by atoms with Crippen LogP contribution in [0.2, 0.25) is 0 Å². The van der Waals surface area contributed by atoms with Crippen LogP contribution in [-0.4, -0.2) is 0 Å². The molecule has 0 aliphatic heterocycles. The van der Waals surface area contributed by atoms with E-state index >= 15 is 0 Å². The van der Waals surface area contributed by atoms with Crippen molar-refractivity contribution in [2.45, 2.75) is 84.0 Å². The molecule has 0 fully saturated rings. The fourth-order valence-corrected chi connectivity index (χ4v) is 2.12. The molecule has 0 spiro atoms. The van der Waals surface area contributed by atoms with E-state index in [0.717, 1.165) is 6.42 Å². The first kappa shape index (κ1) is 16.0. The summed E-state index contributed by atoms with van der Waals surface area (Å²) in [5.74, 6) is 0. The Labute approximate surface area is 107 Å². The predicted octanol–water partition coefficient (Wildman–Crippen LogP) is 6.44. The Morgan fingerprint density at radius 1 is 0.688 bits per heavy atom. The summed E-state index contributed by atoms with van der Waals surface area (Å²) in [6.07, 6.45) is 18.7. The first-order valence-corrected chi connectivity index (χ1v) is 7.60. The number of allylic oxidation sites excluding steroid dienone is 1. The fraction of sp³-hybridized carbons (Fsp3) is 0.867. The molecule has 0 aromatic carbocycles. The second-order valence-corrected chi connectivity index (χ2v) is 4.94. The Morgan fingerprint density at radius 2 is 1.12 bits per heavy atom. The Hall–Kier alpha value is 0.0300. The molecular formula is C15H29Cl. The van der Waals surface area contributed by atoms with Crippen LogP contribution in [0.4, 0.5) is 0 Å². The lowest BCUT2D eigenvalue weighted by molar-refractivity contribution is 0.550. The normalized spacial score (nSPS) is 11.4. The van der Waals surface area contributed by atoms with Gasteiger partial charge < -0.3 is 0 Å². The van der Waals surface area contributed by atoms with Crippen molar-refractivity contribution >= 4 is 11.6 Å². The highest BCUT2D eigenvalue weighted by Crippen LogP contribution is 2.11. The van der Waals surface area contributed by atoms with Crippen LogP contribution in [-0.2, 0) is 0 Å². The maximum Gasteiger partial charge on any atom is 0.000245 e. The second kappa shape index (κ2) is 15.0. The van der Waals surface area contributed by atoms with Gasteiger partial charge in [0.25, 0.3) is 0 Å². The lowest BCUT2D eigenvalue weighted by atomic mass is 10.1. The third-order valence-corrected chi connectivity index (χ3v) is 3.24. The van der Waals surface area contributed by atoms with Crippen LogP contribution >= 0.6 is 11.6 Å². The molecule has 1 heteroatoms. The van der Waals surface area contributed by atoms with Crippen molar-refractivity contribution in [2.75, 3.05) is 0 Å². The highest BCUT2D eigenvalue weighted by molar-refractivity contribution is 6.25. The Balaban J connectivity index is 2.88. The summed E-state index contributed by atoms with van der Waals surface area (Å²) < 4.78 is 0. The minimum atomic E-state index is 1.15. The molecule has 0 aromatic heterocycles. The van der Waals surface area contributed by atoms with Crippen LogP contribution in [0, 0.1) is 0 Å². The predicted molar refractivity (Wildman–Crippen MR) is 76.1 cm³/mol. The molecule has 0 heterocycles. The molecule has 0 N–H and O–H groups in total. The Bertz CT molecular complexity index is 140. The quantitative estimate of drug-likeness (QED) is 0.347.